The molecule has 99 valence electrons. The summed E-state index contributed by atoms with van der Waals surface area (Å²) in [5, 5.41) is 8.46. The number of esters is 1. The Morgan fingerprint density at radius 3 is 2.61 bits per heavy atom. The SMILES string of the molecule is [CH2]c1ccccc1OC(=O)COCCOCCO. The highest BCUT2D eigenvalue weighted by Gasteiger charge is 2.06. The normalized spacial score (nSPS) is 10.3. The highest BCUT2D eigenvalue weighted by molar-refractivity contribution is 5.74. The van der Waals surface area contributed by atoms with Crippen LogP contribution in [-0.2, 0) is 14.3 Å². The first kappa shape index (κ1) is 14.6. The summed E-state index contributed by atoms with van der Waals surface area (Å²) >= 11 is 0. The molecular formula is C13H17O5. The Morgan fingerprint density at radius 1 is 1.17 bits per heavy atom. The van der Waals surface area contributed by atoms with Crippen LogP contribution in [0.5, 0.6) is 5.75 Å². The van der Waals surface area contributed by atoms with Crippen molar-refractivity contribution in [1.82, 2.24) is 0 Å². The van der Waals surface area contributed by atoms with Crippen molar-refractivity contribution in [2.24, 2.45) is 0 Å². The third-order valence-electron chi connectivity index (χ3n) is 2.02. The van der Waals surface area contributed by atoms with Crippen LogP contribution < -0.4 is 4.74 Å². The van der Waals surface area contributed by atoms with Crippen LogP contribution in [0.3, 0.4) is 0 Å². The van der Waals surface area contributed by atoms with Gasteiger partial charge in [0.2, 0.25) is 0 Å². The van der Waals surface area contributed by atoms with Crippen LogP contribution in [0.2, 0.25) is 0 Å². The minimum Gasteiger partial charge on any atom is -0.425 e. The molecule has 0 aliphatic carbocycles. The average Bonchev–Trinajstić information content (AvgIpc) is 2.36. The molecule has 0 saturated heterocycles. The van der Waals surface area contributed by atoms with E-state index in [1.54, 1.807) is 18.2 Å². The molecule has 0 spiro atoms. The zero-order valence-corrected chi connectivity index (χ0v) is 10.1. The molecule has 0 unspecified atom stereocenters. The molecule has 0 fully saturated rings. The summed E-state index contributed by atoms with van der Waals surface area (Å²) in [4.78, 5) is 11.4. The fourth-order valence-corrected chi connectivity index (χ4v) is 1.20. The molecule has 0 saturated carbocycles. The van der Waals surface area contributed by atoms with E-state index in [0.29, 0.717) is 17.9 Å². The lowest BCUT2D eigenvalue weighted by Crippen LogP contribution is -2.18. The molecule has 0 bridgehead atoms. The fraction of sp³-hybridized carbons (Fsp3) is 0.385. The second kappa shape index (κ2) is 8.63. The van der Waals surface area contributed by atoms with Gasteiger partial charge < -0.3 is 19.3 Å². The smallest absolute Gasteiger partial charge is 0.337 e. The van der Waals surface area contributed by atoms with Crippen molar-refractivity contribution in [3.05, 3.63) is 36.8 Å². The largest absolute Gasteiger partial charge is 0.425 e. The van der Waals surface area contributed by atoms with Gasteiger partial charge in [-0.15, -0.1) is 0 Å². The molecule has 5 heteroatoms. The maximum atomic E-state index is 11.4. The Morgan fingerprint density at radius 2 is 1.89 bits per heavy atom. The summed E-state index contributed by atoms with van der Waals surface area (Å²) in [6.07, 6.45) is 0. The summed E-state index contributed by atoms with van der Waals surface area (Å²) in [7, 11) is 0. The summed E-state index contributed by atoms with van der Waals surface area (Å²) < 4.78 is 15.1. The van der Waals surface area contributed by atoms with Crippen molar-refractivity contribution in [3.8, 4) is 5.75 Å². The van der Waals surface area contributed by atoms with E-state index in [1.165, 1.54) is 0 Å². The van der Waals surface area contributed by atoms with Gasteiger partial charge in [-0.05, 0) is 18.6 Å². The Kier molecular flexibility index (Phi) is 7.01. The predicted octanol–water partition coefficient (Wildman–Crippen LogP) is 0.800. The predicted molar refractivity (Wildman–Crippen MR) is 65.3 cm³/mol. The van der Waals surface area contributed by atoms with Gasteiger partial charge in [0.1, 0.15) is 12.4 Å². The first-order chi connectivity index (χ1) is 8.74. The number of carbonyl (C=O) groups excluding carboxylic acids is 1. The van der Waals surface area contributed by atoms with E-state index in [4.69, 9.17) is 19.3 Å². The molecule has 0 aliphatic heterocycles. The number of carbonyl (C=O) groups is 1. The molecule has 1 radical (unpaired) electrons. The summed E-state index contributed by atoms with van der Waals surface area (Å²) in [6, 6.07) is 7.01. The topological polar surface area (TPSA) is 65.0 Å². The molecule has 1 aromatic rings. The van der Waals surface area contributed by atoms with E-state index in [2.05, 4.69) is 6.92 Å². The minimum absolute atomic E-state index is 0.0255. The summed E-state index contributed by atoms with van der Waals surface area (Å²) in [5.74, 6) is -0.0455. The molecular weight excluding hydrogens is 236 g/mol. The van der Waals surface area contributed by atoms with Gasteiger partial charge in [-0.1, -0.05) is 18.2 Å². The van der Waals surface area contributed by atoms with E-state index >= 15 is 0 Å². The maximum Gasteiger partial charge on any atom is 0.337 e. The van der Waals surface area contributed by atoms with Gasteiger partial charge >= 0.3 is 5.97 Å². The van der Waals surface area contributed by atoms with Gasteiger partial charge in [0, 0.05) is 0 Å². The summed E-state index contributed by atoms with van der Waals surface area (Å²) in [6.45, 7) is 4.45. The van der Waals surface area contributed by atoms with Crippen molar-refractivity contribution >= 4 is 5.97 Å². The van der Waals surface area contributed by atoms with E-state index in [-0.39, 0.29) is 26.4 Å². The van der Waals surface area contributed by atoms with Crippen LogP contribution in [-0.4, -0.2) is 44.1 Å². The second-order valence-electron chi connectivity index (χ2n) is 3.47. The van der Waals surface area contributed by atoms with Gasteiger partial charge in [0.05, 0.1) is 26.4 Å². The Labute approximate surface area is 106 Å². The zero-order valence-electron chi connectivity index (χ0n) is 10.1. The van der Waals surface area contributed by atoms with Crippen molar-refractivity contribution in [2.75, 3.05) is 33.0 Å². The lowest BCUT2D eigenvalue weighted by molar-refractivity contribution is -0.140. The molecule has 1 N–H and O–H groups in total. The van der Waals surface area contributed by atoms with Crippen LogP contribution in [0, 0.1) is 6.92 Å². The maximum absolute atomic E-state index is 11.4. The number of ether oxygens (including phenoxy) is 3. The fourth-order valence-electron chi connectivity index (χ4n) is 1.20. The first-order valence-corrected chi connectivity index (χ1v) is 5.62. The van der Waals surface area contributed by atoms with Crippen LogP contribution in [0.1, 0.15) is 5.56 Å². The van der Waals surface area contributed by atoms with Crippen LogP contribution in [0.4, 0.5) is 0 Å². The Hall–Kier alpha value is -1.43. The van der Waals surface area contributed by atoms with E-state index in [0.717, 1.165) is 0 Å². The molecule has 0 aliphatic rings. The second-order valence-corrected chi connectivity index (χ2v) is 3.47. The molecule has 5 nitrogen and oxygen atoms in total. The molecule has 0 amide bonds. The monoisotopic (exact) mass is 253 g/mol. The van der Waals surface area contributed by atoms with Gasteiger partial charge in [-0.25, -0.2) is 4.79 Å². The average molecular weight is 253 g/mol. The minimum atomic E-state index is -0.478. The van der Waals surface area contributed by atoms with Crippen molar-refractivity contribution in [1.29, 1.82) is 0 Å². The number of para-hydroxylation sites is 1. The molecule has 0 atom stereocenters. The van der Waals surface area contributed by atoms with Gasteiger partial charge in [-0.3, -0.25) is 0 Å². The molecule has 0 heterocycles. The zero-order chi connectivity index (χ0) is 13.2. The molecule has 1 aromatic carbocycles. The molecule has 0 aromatic heterocycles. The third-order valence-corrected chi connectivity index (χ3v) is 2.02. The Bertz CT molecular complexity index is 364. The number of aliphatic hydroxyl groups excluding tert-OH is 1. The number of hydrogen-bond acceptors (Lipinski definition) is 5. The number of rotatable bonds is 8. The highest BCUT2D eigenvalue weighted by atomic mass is 16.6. The third kappa shape index (κ3) is 5.77. The number of aliphatic hydroxyl groups is 1. The summed E-state index contributed by atoms with van der Waals surface area (Å²) in [5.41, 5.74) is 0.650. The van der Waals surface area contributed by atoms with Crippen LogP contribution >= 0.6 is 0 Å². The van der Waals surface area contributed by atoms with Crippen LogP contribution in [0.15, 0.2) is 24.3 Å². The number of hydrogen-bond donors (Lipinski definition) is 1. The standard InChI is InChI=1S/C13H17O5/c1-11-4-2-3-5-12(11)18-13(15)10-17-9-8-16-7-6-14/h2-5,14H,1,6-10H2. The lowest BCUT2D eigenvalue weighted by Gasteiger charge is -2.07. The van der Waals surface area contributed by atoms with E-state index < -0.39 is 5.97 Å². The molecule has 1 rings (SSSR count). The van der Waals surface area contributed by atoms with E-state index in [9.17, 15) is 4.79 Å². The highest BCUT2D eigenvalue weighted by Crippen LogP contribution is 2.16. The first-order valence-electron chi connectivity index (χ1n) is 5.62. The Balaban J connectivity index is 2.16. The number of benzene rings is 1. The lowest BCUT2D eigenvalue weighted by atomic mass is 10.2. The van der Waals surface area contributed by atoms with Crippen LogP contribution in [0.25, 0.3) is 0 Å². The van der Waals surface area contributed by atoms with Crippen molar-refractivity contribution < 1.29 is 24.1 Å². The quantitative estimate of drug-likeness (QED) is 0.422. The van der Waals surface area contributed by atoms with Gasteiger partial charge in [-0.2, -0.15) is 0 Å². The van der Waals surface area contributed by atoms with Gasteiger partial charge in [0.15, 0.2) is 0 Å². The van der Waals surface area contributed by atoms with E-state index in [1.807, 2.05) is 6.07 Å². The molecule has 18 heavy (non-hydrogen) atoms. The van der Waals surface area contributed by atoms with Crippen molar-refractivity contribution in [3.63, 3.8) is 0 Å². The van der Waals surface area contributed by atoms with Gasteiger partial charge in [0.25, 0.3) is 0 Å². The van der Waals surface area contributed by atoms with Crippen molar-refractivity contribution in [2.45, 2.75) is 0 Å².